The van der Waals surface area contributed by atoms with Crippen molar-refractivity contribution in [2.24, 2.45) is 11.1 Å². The van der Waals surface area contributed by atoms with Gasteiger partial charge in [-0.25, -0.2) is 0 Å². The van der Waals surface area contributed by atoms with Gasteiger partial charge < -0.3 is 10.3 Å². The molecule has 1 atom stereocenters. The second-order valence-electron chi connectivity index (χ2n) is 5.88. The number of halogens is 1. The lowest BCUT2D eigenvalue weighted by Crippen LogP contribution is -2.26. The molecule has 0 aliphatic heterocycles. The molecule has 0 fully saturated rings. The van der Waals surface area contributed by atoms with Gasteiger partial charge in [-0.2, -0.15) is 4.98 Å². The average Bonchev–Trinajstić information content (AvgIpc) is 2.84. The second-order valence-corrected chi connectivity index (χ2v) is 5.88. The Labute approximate surface area is 126 Å². The van der Waals surface area contributed by atoms with E-state index in [9.17, 15) is 0 Å². The van der Waals surface area contributed by atoms with Crippen molar-refractivity contribution in [2.45, 2.75) is 39.7 Å². The van der Waals surface area contributed by atoms with Crippen LogP contribution < -0.4 is 5.73 Å². The molecular weight excluding hydrogens is 274 g/mol. The number of nitrogens with zero attached hydrogens (tertiary/aromatic N) is 2. The van der Waals surface area contributed by atoms with Crippen molar-refractivity contribution in [1.82, 2.24) is 10.1 Å². The topological polar surface area (TPSA) is 64.9 Å². The Bertz CT molecular complexity index is 519. The minimum atomic E-state index is -0.231. The minimum absolute atomic E-state index is 0. The maximum atomic E-state index is 6.10. The number of nitrogens with two attached hydrogens (primary N) is 1. The van der Waals surface area contributed by atoms with Gasteiger partial charge in [-0.3, -0.25) is 0 Å². The normalized spacial score (nSPS) is 12.8. The number of aromatic nitrogens is 2. The van der Waals surface area contributed by atoms with Crippen molar-refractivity contribution < 1.29 is 4.52 Å². The third-order valence-electron chi connectivity index (χ3n) is 3.16. The highest BCUT2D eigenvalue weighted by atomic mass is 35.5. The van der Waals surface area contributed by atoms with Crippen LogP contribution >= 0.6 is 12.4 Å². The number of benzene rings is 1. The molecule has 0 aliphatic rings. The highest BCUT2D eigenvalue weighted by molar-refractivity contribution is 5.85. The third-order valence-corrected chi connectivity index (χ3v) is 3.16. The summed E-state index contributed by atoms with van der Waals surface area (Å²) in [6.07, 6.45) is 1.68. The summed E-state index contributed by atoms with van der Waals surface area (Å²) < 4.78 is 5.26. The molecule has 0 bridgehead atoms. The van der Waals surface area contributed by atoms with Crippen molar-refractivity contribution in [2.75, 3.05) is 0 Å². The highest BCUT2D eigenvalue weighted by Gasteiger charge is 2.27. The van der Waals surface area contributed by atoms with Crippen LogP contribution in [0.5, 0.6) is 0 Å². The van der Waals surface area contributed by atoms with E-state index in [4.69, 9.17) is 10.3 Å². The summed E-state index contributed by atoms with van der Waals surface area (Å²) in [6, 6.07) is 10.0. The first kappa shape index (κ1) is 16.7. The van der Waals surface area contributed by atoms with E-state index in [1.807, 2.05) is 18.2 Å². The molecule has 110 valence electrons. The third kappa shape index (κ3) is 4.32. The molecule has 0 amide bonds. The zero-order valence-electron chi connectivity index (χ0n) is 12.2. The van der Waals surface area contributed by atoms with Crippen LogP contribution in [-0.2, 0) is 12.8 Å². The van der Waals surface area contributed by atoms with E-state index in [1.165, 1.54) is 5.56 Å². The lowest BCUT2D eigenvalue weighted by molar-refractivity contribution is 0.252. The Hall–Kier alpha value is -1.39. The smallest absolute Gasteiger partial charge is 0.244 e. The zero-order valence-corrected chi connectivity index (χ0v) is 13.0. The van der Waals surface area contributed by atoms with Crippen LogP contribution in [0.25, 0.3) is 0 Å². The molecule has 0 saturated heterocycles. The second kappa shape index (κ2) is 6.86. The zero-order chi connectivity index (χ0) is 13.9. The fraction of sp³-hybridized carbons (Fsp3) is 0.467. The lowest BCUT2D eigenvalue weighted by Gasteiger charge is -2.23. The van der Waals surface area contributed by atoms with E-state index in [1.54, 1.807) is 0 Å². The molecule has 0 radical (unpaired) electrons. The Morgan fingerprint density at radius 2 is 1.80 bits per heavy atom. The van der Waals surface area contributed by atoms with Gasteiger partial charge in [-0.05, 0) is 17.4 Å². The Morgan fingerprint density at radius 1 is 1.15 bits per heavy atom. The van der Waals surface area contributed by atoms with Crippen LogP contribution in [0.4, 0.5) is 0 Å². The SMILES string of the molecule is CC(C)(C)[C@H](N)c1nc(CCc2ccccc2)no1.Cl. The van der Waals surface area contributed by atoms with Gasteiger partial charge in [-0.15, -0.1) is 12.4 Å². The van der Waals surface area contributed by atoms with Gasteiger partial charge in [0.15, 0.2) is 5.82 Å². The molecular formula is C15H22ClN3O. The van der Waals surface area contributed by atoms with Gasteiger partial charge in [0.1, 0.15) is 0 Å². The van der Waals surface area contributed by atoms with Crippen LogP contribution in [0.15, 0.2) is 34.9 Å². The van der Waals surface area contributed by atoms with Crippen LogP contribution in [0.1, 0.15) is 44.1 Å². The number of hydrogen-bond donors (Lipinski definition) is 1. The predicted molar refractivity (Wildman–Crippen MR) is 81.8 cm³/mol. The first-order chi connectivity index (χ1) is 8.97. The molecule has 0 spiro atoms. The average molecular weight is 296 g/mol. The molecule has 0 aliphatic carbocycles. The first-order valence-corrected chi connectivity index (χ1v) is 6.59. The van der Waals surface area contributed by atoms with E-state index in [0.29, 0.717) is 5.89 Å². The van der Waals surface area contributed by atoms with Crippen LogP contribution in [0.3, 0.4) is 0 Å². The van der Waals surface area contributed by atoms with Crippen molar-refractivity contribution in [1.29, 1.82) is 0 Å². The highest BCUT2D eigenvalue weighted by Crippen LogP contribution is 2.29. The monoisotopic (exact) mass is 295 g/mol. The summed E-state index contributed by atoms with van der Waals surface area (Å²) in [7, 11) is 0. The molecule has 4 nitrogen and oxygen atoms in total. The lowest BCUT2D eigenvalue weighted by atomic mass is 9.87. The van der Waals surface area contributed by atoms with E-state index >= 15 is 0 Å². The first-order valence-electron chi connectivity index (χ1n) is 6.59. The molecule has 5 heteroatoms. The number of rotatable bonds is 4. The number of aryl methyl sites for hydroxylation is 2. The molecule has 2 rings (SSSR count). The maximum absolute atomic E-state index is 6.10. The fourth-order valence-corrected chi connectivity index (χ4v) is 1.77. The molecule has 0 saturated carbocycles. The van der Waals surface area contributed by atoms with Gasteiger partial charge >= 0.3 is 0 Å². The largest absolute Gasteiger partial charge is 0.338 e. The van der Waals surface area contributed by atoms with Gasteiger partial charge in [-0.1, -0.05) is 56.3 Å². The Kier molecular flexibility index (Phi) is 5.72. The molecule has 2 N–H and O–H groups in total. The van der Waals surface area contributed by atoms with E-state index in [0.717, 1.165) is 18.7 Å². The van der Waals surface area contributed by atoms with E-state index in [-0.39, 0.29) is 23.9 Å². The van der Waals surface area contributed by atoms with Gasteiger partial charge in [0.2, 0.25) is 5.89 Å². The van der Waals surface area contributed by atoms with Crippen LogP contribution in [0, 0.1) is 5.41 Å². The summed E-state index contributed by atoms with van der Waals surface area (Å²) in [5.74, 6) is 1.24. The van der Waals surface area contributed by atoms with Crippen molar-refractivity contribution in [3.05, 3.63) is 47.6 Å². The van der Waals surface area contributed by atoms with Gasteiger partial charge in [0.05, 0.1) is 6.04 Å². The van der Waals surface area contributed by atoms with Gasteiger partial charge in [0.25, 0.3) is 0 Å². The number of hydrogen-bond acceptors (Lipinski definition) is 4. The molecule has 1 heterocycles. The molecule has 2 aromatic rings. The summed E-state index contributed by atoms with van der Waals surface area (Å²) in [6.45, 7) is 6.18. The minimum Gasteiger partial charge on any atom is -0.338 e. The summed E-state index contributed by atoms with van der Waals surface area (Å²) in [4.78, 5) is 4.39. The summed E-state index contributed by atoms with van der Waals surface area (Å²) >= 11 is 0. The van der Waals surface area contributed by atoms with Crippen molar-refractivity contribution in [3.63, 3.8) is 0 Å². The molecule has 1 aromatic carbocycles. The van der Waals surface area contributed by atoms with E-state index < -0.39 is 0 Å². The standard InChI is InChI=1S/C15H21N3O.ClH/c1-15(2,3)13(16)14-17-12(18-19-14)10-9-11-7-5-4-6-8-11;/h4-8,13H,9-10,16H2,1-3H3;1H/t13-;/m1./s1. The Balaban J connectivity index is 0.00000200. The summed E-state index contributed by atoms with van der Waals surface area (Å²) in [5.41, 5.74) is 7.29. The van der Waals surface area contributed by atoms with Crippen LogP contribution in [-0.4, -0.2) is 10.1 Å². The fourth-order valence-electron chi connectivity index (χ4n) is 1.77. The maximum Gasteiger partial charge on any atom is 0.244 e. The van der Waals surface area contributed by atoms with Crippen LogP contribution in [0.2, 0.25) is 0 Å². The molecule has 0 unspecified atom stereocenters. The van der Waals surface area contributed by atoms with E-state index in [2.05, 4.69) is 43.0 Å². The quantitative estimate of drug-likeness (QED) is 0.939. The molecule has 20 heavy (non-hydrogen) atoms. The summed E-state index contributed by atoms with van der Waals surface area (Å²) in [5, 5.41) is 4.00. The van der Waals surface area contributed by atoms with Gasteiger partial charge in [0, 0.05) is 6.42 Å². The predicted octanol–water partition coefficient (Wildman–Crippen LogP) is 3.32. The van der Waals surface area contributed by atoms with Crippen molar-refractivity contribution in [3.8, 4) is 0 Å². The Morgan fingerprint density at radius 3 is 2.40 bits per heavy atom. The van der Waals surface area contributed by atoms with Crippen molar-refractivity contribution >= 4 is 12.4 Å². The molecule has 1 aromatic heterocycles.